The Hall–Kier alpha value is -1.23. The number of fused-ring (bicyclic) bond motifs is 1. The fourth-order valence-corrected chi connectivity index (χ4v) is 2.90. The Bertz CT molecular complexity index is 575. The first-order valence-corrected chi connectivity index (χ1v) is 7.68. The summed E-state index contributed by atoms with van der Waals surface area (Å²) in [5, 5.41) is 6.96. The van der Waals surface area contributed by atoms with Crippen molar-refractivity contribution in [3.63, 3.8) is 0 Å². The maximum absolute atomic E-state index is 12.3. The van der Waals surface area contributed by atoms with E-state index in [2.05, 4.69) is 16.7 Å². The molecular formula is C16H20Cl2N2O2. The molecule has 6 heteroatoms. The van der Waals surface area contributed by atoms with E-state index in [1.165, 1.54) is 5.57 Å². The zero-order valence-corrected chi connectivity index (χ0v) is 13.8. The lowest BCUT2D eigenvalue weighted by Gasteiger charge is -2.25. The number of amides is 1. The number of ether oxygens (including phenoxy) is 1. The van der Waals surface area contributed by atoms with Crippen LogP contribution in [0.1, 0.15) is 12.0 Å². The third kappa shape index (κ3) is 4.15. The van der Waals surface area contributed by atoms with Crippen LogP contribution in [0.4, 0.5) is 0 Å². The molecule has 0 fully saturated rings. The second-order valence-corrected chi connectivity index (χ2v) is 5.93. The van der Waals surface area contributed by atoms with Crippen molar-refractivity contribution in [2.75, 3.05) is 26.2 Å². The highest BCUT2D eigenvalue weighted by Gasteiger charge is 2.26. The summed E-state index contributed by atoms with van der Waals surface area (Å²) in [7, 11) is 0. The number of carbonyl (C=O) groups excluding carboxylic acids is 1. The Morgan fingerprint density at radius 3 is 3.09 bits per heavy atom. The van der Waals surface area contributed by atoms with Gasteiger partial charge in [-0.25, -0.2) is 0 Å². The van der Waals surface area contributed by atoms with E-state index in [4.69, 9.17) is 16.3 Å². The van der Waals surface area contributed by atoms with Gasteiger partial charge in [0.1, 0.15) is 12.4 Å². The summed E-state index contributed by atoms with van der Waals surface area (Å²) in [6.45, 7) is 2.95. The van der Waals surface area contributed by atoms with E-state index < -0.39 is 0 Å². The highest BCUT2D eigenvalue weighted by molar-refractivity contribution is 6.30. The normalized spacial score (nSPS) is 20.0. The standard InChI is InChI=1S/C16H19ClN2O2.ClH/c17-14-1-2-15-12(8-14)7-13(10-21-15)16(20)19-9-11-3-5-18-6-4-11;/h1-3,8,13,18H,4-7,9-10H2,(H,19,20);1H. The predicted molar refractivity (Wildman–Crippen MR) is 90.0 cm³/mol. The second-order valence-electron chi connectivity index (χ2n) is 5.50. The number of carbonyl (C=O) groups is 1. The first-order chi connectivity index (χ1) is 10.2. The molecule has 0 aromatic heterocycles. The van der Waals surface area contributed by atoms with Crippen LogP contribution >= 0.6 is 24.0 Å². The number of hydrogen-bond acceptors (Lipinski definition) is 3. The molecule has 1 unspecified atom stereocenters. The van der Waals surface area contributed by atoms with Crippen LogP contribution in [0.15, 0.2) is 29.8 Å². The van der Waals surface area contributed by atoms with E-state index in [-0.39, 0.29) is 24.2 Å². The topological polar surface area (TPSA) is 50.4 Å². The molecule has 1 amide bonds. The quantitative estimate of drug-likeness (QED) is 0.829. The van der Waals surface area contributed by atoms with Crippen LogP contribution in [0, 0.1) is 5.92 Å². The lowest BCUT2D eigenvalue weighted by atomic mass is 9.96. The van der Waals surface area contributed by atoms with Crippen LogP contribution in [0.5, 0.6) is 5.75 Å². The molecule has 4 nitrogen and oxygen atoms in total. The Morgan fingerprint density at radius 2 is 2.32 bits per heavy atom. The SMILES string of the molecule is Cl.O=C(NCC1=CCNCC1)C1COc2ccc(Cl)cc2C1. The van der Waals surface area contributed by atoms with E-state index in [1.807, 2.05) is 18.2 Å². The zero-order chi connectivity index (χ0) is 14.7. The Morgan fingerprint density at radius 1 is 1.45 bits per heavy atom. The molecule has 2 aliphatic heterocycles. The number of halogens is 2. The van der Waals surface area contributed by atoms with Gasteiger partial charge in [0.25, 0.3) is 0 Å². The van der Waals surface area contributed by atoms with Gasteiger partial charge in [-0.05, 0) is 43.1 Å². The molecule has 2 N–H and O–H groups in total. The molecule has 0 aliphatic carbocycles. The van der Waals surface area contributed by atoms with Gasteiger partial charge in [0.15, 0.2) is 0 Å². The maximum atomic E-state index is 12.3. The molecule has 0 radical (unpaired) electrons. The van der Waals surface area contributed by atoms with E-state index in [9.17, 15) is 4.79 Å². The number of benzene rings is 1. The zero-order valence-electron chi connectivity index (χ0n) is 12.2. The van der Waals surface area contributed by atoms with Gasteiger partial charge in [-0.2, -0.15) is 0 Å². The molecule has 1 atom stereocenters. The monoisotopic (exact) mass is 342 g/mol. The summed E-state index contributed by atoms with van der Waals surface area (Å²) >= 11 is 6.00. The van der Waals surface area contributed by atoms with Crippen LogP contribution in [-0.4, -0.2) is 32.1 Å². The average molecular weight is 343 g/mol. The molecule has 2 heterocycles. The maximum Gasteiger partial charge on any atom is 0.227 e. The van der Waals surface area contributed by atoms with Crippen LogP contribution in [0.3, 0.4) is 0 Å². The van der Waals surface area contributed by atoms with Crippen LogP contribution in [0.2, 0.25) is 5.02 Å². The van der Waals surface area contributed by atoms with Crippen molar-refractivity contribution in [2.24, 2.45) is 5.92 Å². The highest BCUT2D eigenvalue weighted by Crippen LogP contribution is 2.29. The first-order valence-electron chi connectivity index (χ1n) is 7.30. The number of nitrogens with one attached hydrogen (secondary N) is 2. The van der Waals surface area contributed by atoms with Gasteiger partial charge < -0.3 is 15.4 Å². The van der Waals surface area contributed by atoms with Gasteiger partial charge >= 0.3 is 0 Å². The van der Waals surface area contributed by atoms with Crippen molar-refractivity contribution in [1.82, 2.24) is 10.6 Å². The Balaban J connectivity index is 0.00000176. The van der Waals surface area contributed by atoms with E-state index in [0.29, 0.717) is 24.6 Å². The van der Waals surface area contributed by atoms with Crippen molar-refractivity contribution in [3.05, 3.63) is 40.4 Å². The van der Waals surface area contributed by atoms with Gasteiger partial charge in [-0.3, -0.25) is 4.79 Å². The van der Waals surface area contributed by atoms with Crippen LogP contribution in [0.25, 0.3) is 0 Å². The Labute approximate surface area is 141 Å². The molecule has 3 rings (SSSR count). The largest absolute Gasteiger partial charge is 0.492 e. The summed E-state index contributed by atoms with van der Waals surface area (Å²) in [6.07, 6.45) is 3.83. The van der Waals surface area contributed by atoms with Gasteiger partial charge in [0.2, 0.25) is 5.91 Å². The summed E-state index contributed by atoms with van der Waals surface area (Å²) in [6, 6.07) is 5.56. The first kappa shape index (κ1) is 17.1. The second kappa shape index (κ2) is 7.86. The van der Waals surface area contributed by atoms with E-state index >= 15 is 0 Å². The Kier molecular flexibility index (Phi) is 6.12. The van der Waals surface area contributed by atoms with E-state index in [1.54, 1.807) is 0 Å². The third-order valence-corrected chi connectivity index (χ3v) is 4.18. The van der Waals surface area contributed by atoms with E-state index in [0.717, 1.165) is 30.8 Å². The molecule has 22 heavy (non-hydrogen) atoms. The lowest BCUT2D eigenvalue weighted by molar-refractivity contribution is -0.126. The molecule has 0 bridgehead atoms. The van der Waals surface area contributed by atoms with Gasteiger partial charge in [0, 0.05) is 18.1 Å². The summed E-state index contributed by atoms with van der Waals surface area (Å²) in [5.41, 5.74) is 2.30. The van der Waals surface area contributed by atoms with Crippen molar-refractivity contribution >= 4 is 29.9 Å². The molecule has 0 saturated carbocycles. The van der Waals surface area contributed by atoms with Gasteiger partial charge in [0.05, 0.1) is 5.92 Å². The smallest absolute Gasteiger partial charge is 0.227 e. The number of hydrogen-bond donors (Lipinski definition) is 2. The highest BCUT2D eigenvalue weighted by atomic mass is 35.5. The summed E-state index contributed by atoms with van der Waals surface area (Å²) < 4.78 is 5.66. The molecule has 2 aliphatic rings. The summed E-state index contributed by atoms with van der Waals surface area (Å²) in [4.78, 5) is 12.3. The molecule has 0 saturated heterocycles. The minimum Gasteiger partial charge on any atom is -0.492 e. The van der Waals surface area contributed by atoms with Crippen LogP contribution in [-0.2, 0) is 11.2 Å². The fourth-order valence-electron chi connectivity index (χ4n) is 2.71. The van der Waals surface area contributed by atoms with Crippen molar-refractivity contribution in [1.29, 1.82) is 0 Å². The minimum atomic E-state index is -0.140. The minimum absolute atomic E-state index is 0. The summed E-state index contributed by atoms with van der Waals surface area (Å²) in [5.74, 6) is 0.753. The van der Waals surface area contributed by atoms with Crippen LogP contribution < -0.4 is 15.4 Å². The number of rotatable bonds is 3. The molecule has 0 spiro atoms. The molecule has 120 valence electrons. The fraction of sp³-hybridized carbons (Fsp3) is 0.438. The molecule has 1 aromatic carbocycles. The van der Waals surface area contributed by atoms with Crippen molar-refractivity contribution in [2.45, 2.75) is 12.8 Å². The third-order valence-electron chi connectivity index (χ3n) is 3.95. The van der Waals surface area contributed by atoms with Gasteiger partial charge in [-0.1, -0.05) is 23.3 Å². The average Bonchev–Trinajstić information content (AvgIpc) is 2.53. The molecule has 1 aromatic rings. The lowest BCUT2D eigenvalue weighted by Crippen LogP contribution is -2.38. The molecular weight excluding hydrogens is 323 g/mol. The van der Waals surface area contributed by atoms with Crippen molar-refractivity contribution < 1.29 is 9.53 Å². The van der Waals surface area contributed by atoms with Crippen molar-refractivity contribution in [3.8, 4) is 5.75 Å². The predicted octanol–water partition coefficient (Wildman–Crippen LogP) is 2.35. The van der Waals surface area contributed by atoms with Gasteiger partial charge in [-0.15, -0.1) is 12.4 Å².